The monoisotopic (exact) mass is 446 g/mol. The van der Waals surface area contributed by atoms with Crippen molar-refractivity contribution in [1.29, 1.82) is 0 Å². The van der Waals surface area contributed by atoms with Crippen LogP contribution in [0.25, 0.3) is 39.2 Å². The molecule has 0 amide bonds. The molecule has 0 saturated carbocycles. The van der Waals surface area contributed by atoms with Crippen molar-refractivity contribution in [3.8, 4) is 39.8 Å². The SMILES string of the molecule is Nc1nn(-c2ccc(Oc3ccccc3)cc2)c2cc(-c3ccc(-c4nn[nH]n4)cc3)ncc12. The van der Waals surface area contributed by atoms with Crippen LogP contribution in [0.2, 0.25) is 0 Å². The Kier molecular flexibility index (Phi) is 4.70. The maximum Gasteiger partial charge on any atom is 0.204 e. The molecule has 0 atom stereocenters. The predicted molar refractivity (Wildman–Crippen MR) is 128 cm³/mol. The molecule has 3 heterocycles. The van der Waals surface area contributed by atoms with Gasteiger partial charge in [-0.05, 0) is 47.7 Å². The van der Waals surface area contributed by atoms with Gasteiger partial charge in [-0.25, -0.2) is 4.68 Å². The number of nitrogens with one attached hydrogen (secondary N) is 1. The van der Waals surface area contributed by atoms with Crippen LogP contribution < -0.4 is 10.5 Å². The number of nitrogens with two attached hydrogens (primary N) is 1. The average molecular weight is 446 g/mol. The van der Waals surface area contributed by atoms with E-state index in [9.17, 15) is 0 Å². The maximum absolute atomic E-state index is 6.19. The molecule has 6 rings (SSSR count). The lowest BCUT2D eigenvalue weighted by atomic mass is 10.1. The Morgan fingerprint density at radius 1 is 0.824 bits per heavy atom. The van der Waals surface area contributed by atoms with Gasteiger partial charge in [0.25, 0.3) is 0 Å². The zero-order valence-corrected chi connectivity index (χ0v) is 17.8. The number of ether oxygens (including phenoxy) is 1. The van der Waals surface area contributed by atoms with Gasteiger partial charge in [-0.1, -0.05) is 42.5 Å². The van der Waals surface area contributed by atoms with Crippen LogP contribution in [-0.2, 0) is 0 Å². The number of nitrogen functional groups attached to an aromatic ring is 1. The summed E-state index contributed by atoms with van der Waals surface area (Å²) in [6.45, 7) is 0. The Hall–Kier alpha value is -5.05. The molecule has 0 radical (unpaired) electrons. The van der Waals surface area contributed by atoms with Crippen molar-refractivity contribution in [3.63, 3.8) is 0 Å². The minimum atomic E-state index is 0.422. The summed E-state index contributed by atoms with van der Waals surface area (Å²) < 4.78 is 7.71. The third-order valence-electron chi connectivity index (χ3n) is 5.44. The van der Waals surface area contributed by atoms with Crippen molar-refractivity contribution in [3.05, 3.63) is 91.1 Å². The van der Waals surface area contributed by atoms with Crippen LogP contribution in [0.3, 0.4) is 0 Å². The number of hydrogen-bond acceptors (Lipinski definition) is 7. The molecule has 9 heteroatoms. The second-order valence-corrected chi connectivity index (χ2v) is 7.61. The molecule has 0 saturated heterocycles. The highest BCUT2D eigenvalue weighted by Gasteiger charge is 2.13. The van der Waals surface area contributed by atoms with Crippen LogP contribution in [-0.4, -0.2) is 35.4 Å². The molecule has 0 fully saturated rings. The van der Waals surface area contributed by atoms with Crippen molar-refractivity contribution in [2.45, 2.75) is 0 Å². The normalized spacial score (nSPS) is 11.1. The topological polar surface area (TPSA) is 120 Å². The number of H-pyrrole nitrogens is 1. The van der Waals surface area contributed by atoms with E-state index in [-0.39, 0.29) is 0 Å². The number of para-hydroxylation sites is 1. The van der Waals surface area contributed by atoms with Crippen molar-refractivity contribution in [1.82, 2.24) is 35.4 Å². The van der Waals surface area contributed by atoms with E-state index < -0.39 is 0 Å². The summed E-state index contributed by atoms with van der Waals surface area (Å²) in [4.78, 5) is 4.60. The summed E-state index contributed by atoms with van der Waals surface area (Å²) in [5.74, 6) is 2.49. The highest BCUT2D eigenvalue weighted by atomic mass is 16.5. The van der Waals surface area contributed by atoms with Crippen LogP contribution in [0.15, 0.2) is 91.1 Å². The van der Waals surface area contributed by atoms with E-state index in [0.29, 0.717) is 11.6 Å². The average Bonchev–Trinajstić information content (AvgIpc) is 3.54. The first-order chi connectivity index (χ1) is 16.7. The summed E-state index contributed by atoms with van der Waals surface area (Å²) in [6.07, 6.45) is 1.75. The number of rotatable bonds is 5. The predicted octanol–water partition coefficient (Wildman–Crippen LogP) is 4.64. The van der Waals surface area contributed by atoms with Crippen molar-refractivity contribution in [2.75, 3.05) is 5.73 Å². The summed E-state index contributed by atoms with van der Waals surface area (Å²) in [6, 6.07) is 27.2. The summed E-state index contributed by atoms with van der Waals surface area (Å²) in [5, 5.41) is 19.4. The van der Waals surface area contributed by atoms with Crippen LogP contribution in [0.4, 0.5) is 5.82 Å². The van der Waals surface area contributed by atoms with Gasteiger partial charge in [-0.15, -0.1) is 15.3 Å². The number of nitrogens with zero attached hydrogens (tertiary/aromatic N) is 6. The molecule has 3 aromatic carbocycles. The number of aromatic nitrogens is 7. The van der Waals surface area contributed by atoms with Crippen LogP contribution in [0.5, 0.6) is 11.5 Å². The fourth-order valence-electron chi connectivity index (χ4n) is 3.74. The third kappa shape index (κ3) is 3.61. The largest absolute Gasteiger partial charge is 0.457 e. The van der Waals surface area contributed by atoms with Gasteiger partial charge in [0.2, 0.25) is 5.82 Å². The second-order valence-electron chi connectivity index (χ2n) is 7.61. The molecular formula is C25H18N8O. The van der Waals surface area contributed by atoms with Crippen molar-refractivity contribution >= 4 is 16.7 Å². The maximum atomic E-state index is 6.19. The lowest BCUT2D eigenvalue weighted by Crippen LogP contribution is -1.97. The van der Waals surface area contributed by atoms with Crippen molar-refractivity contribution < 1.29 is 4.74 Å². The number of aromatic amines is 1. The standard InChI is InChI=1S/C25H18N8O/c26-24-21-15-27-22(16-6-8-17(9-7-16)25-28-31-32-29-25)14-23(21)33(30-24)18-10-12-20(13-11-18)34-19-4-2-1-3-5-19/h1-15H,(H2,26,30)(H,28,29,31,32). The Morgan fingerprint density at radius 2 is 1.56 bits per heavy atom. The number of anilines is 1. The zero-order valence-electron chi connectivity index (χ0n) is 17.8. The van der Waals surface area contributed by atoms with E-state index in [1.807, 2.05) is 89.6 Å². The summed E-state index contributed by atoms with van der Waals surface area (Å²) >= 11 is 0. The number of fused-ring (bicyclic) bond motifs is 1. The molecule has 0 bridgehead atoms. The quantitative estimate of drug-likeness (QED) is 0.396. The second kappa shape index (κ2) is 8.14. The molecule has 0 aliphatic rings. The van der Waals surface area contributed by atoms with Gasteiger partial charge in [0.15, 0.2) is 5.82 Å². The fourth-order valence-corrected chi connectivity index (χ4v) is 3.74. The van der Waals surface area contributed by atoms with Gasteiger partial charge in [-0.2, -0.15) is 5.21 Å². The minimum Gasteiger partial charge on any atom is -0.457 e. The van der Waals surface area contributed by atoms with Gasteiger partial charge >= 0.3 is 0 Å². The first-order valence-corrected chi connectivity index (χ1v) is 10.6. The van der Waals surface area contributed by atoms with Gasteiger partial charge < -0.3 is 10.5 Å². The molecular weight excluding hydrogens is 428 g/mol. The molecule has 6 aromatic rings. The van der Waals surface area contributed by atoms with Crippen LogP contribution >= 0.6 is 0 Å². The summed E-state index contributed by atoms with van der Waals surface area (Å²) in [7, 11) is 0. The van der Waals surface area contributed by atoms with E-state index in [2.05, 4.69) is 30.7 Å². The van der Waals surface area contributed by atoms with E-state index in [1.54, 1.807) is 6.20 Å². The van der Waals surface area contributed by atoms with Crippen molar-refractivity contribution in [2.24, 2.45) is 0 Å². The minimum absolute atomic E-state index is 0.422. The molecule has 34 heavy (non-hydrogen) atoms. The van der Waals surface area contributed by atoms with E-state index >= 15 is 0 Å². The Morgan fingerprint density at radius 3 is 2.29 bits per heavy atom. The van der Waals surface area contributed by atoms with Gasteiger partial charge in [0.1, 0.15) is 11.5 Å². The Bertz CT molecular complexity index is 1560. The first kappa shape index (κ1) is 19.6. The number of tetrazole rings is 1. The summed E-state index contributed by atoms with van der Waals surface area (Å²) in [5.41, 5.74) is 10.5. The smallest absolute Gasteiger partial charge is 0.204 e. The van der Waals surface area contributed by atoms with Gasteiger partial charge in [0.05, 0.1) is 22.3 Å². The molecule has 0 spiro atoms. The molecule has 0 aliphatic carbocycles. The fraction of sp³-hybridized carbons (Fsp3) is 0. The molecule has 3 N–H and O–H groups in total. The number of hydrogen-bond donors (Lipinski definition) is 2. The highest BCUT2D eigenvalue weighted by Crippen LogP contribution is 2.29. The molecule has 9 nitrogen and oxygen atoms in total. The van der Waals surface area contributed by atoms with E-state index in [0.717, 1.165) is 44.9 Å². The van der Waals surface area contributed by atoms with E-state index in [1.165, 1.54) is 0 Å². The third-order valence-corrected chi connectivity index (χ3v) is 5.44. The molecule has 3 aromatic heterocycles. The first-order valence-electron chi connectivity index (χ1n) is 10.6. The molecule has 164 valence electrons. The van der Waals surface area contributed by atoms with E-state index in [4.69, 9.17) is 10.5 Å². The van der Waals surface area contributed by atoms with Crippen LogP contribution in [0, 0.1) is 0 Å². The van der Waals surface area contributed by atoms with Gasteiger partial charge in [0, 0.05) is 17.3 Å². The van der Waals surface area contributed by atoms with Crippen LogP contribution in [0.1, 0.15) is 0 Å². The van der Waals surface area contributed by atoms with Gasteiger partial charge in [-0.3, -0.25) is 4.98 Å². The molecule has 0 aliphatic heterocycles. The number of pyridine rings is 1. The Labute approximate surface area is 193 Å². The lowest BCUT2D eigenvalue weighted by Gasteiger charge is -2.08. The molecule has 0 unspecified atom stereocenters. The zero-order chi connectivity index (χ0) is 22.9. The lowest BCUT2D eigenvalue weighted by molar-refractivity contribution is 0.482. The number of benzene rings is 3. The highest BCUT2D eigenvalue weighted by molar-refractivity contribution is 5.91. The Balaban J connectivity index is 1.33.